The third kappa shape index (κ3) is 73.1. The molecule has 6 nitrogen and oxygen atoms in total. The Morgan fingerprint density at radius 3 is 1.11 bits per heavy atom. The van der Waals surface area contributed by atoms with Crippen molar-refractivity contribution in [2.45, 2.75) is 53.4 Å². The van der Waals surface area contributed by atoms with E-state index in [4.69, 9.17) is 29.0 Å². The Labute approximate surface area is 118 Å². The van der Waals surface area contributed by atoms with E-state index in [1.165, 1.54) is 25.7 Å². The van der Waals surface area contributed by atoms with Crippen LogP contribution in [0, 0.1) is 11.8 Å². The molecule has 0 bridgehead atoms. The van der Waals surface area contributed by atoms with Gasteiger partial charge in [0.15, 0.2) is 0 Å². The first-order valence-corrected chi connectivity index (χ1v) is 8.04. The predicted octanol–water partition coefficient (Wildman–Crippen LogP) is 2.11. The molecule has 0 saturated heterocycles. The molecule has 0 unspecified atom stereocenters. The van der Waals surface area contributed by atoms with Gasteiger partial charge in [-0.3, -0.25) is 9.11 Å². The lowest BCUT2D eigenvalue weighted by atomic mass is 10.1. The van der Waals surface area contributed by atoms with Gasteiger partial charge >= 0.3 is 10.4 Å². The smallest absolute Gasteiger partial charge is 0.330 e. The Hall–Kier alpha value is -0.210. The maximum absolute atomic E-state index is 8.74. The van der Waals surface area contributed by atoms with E-state index in [9.17, 15) is 0 Å². The molecule has 0 rings (SSSR count). The molecule has 19 heavy (non-hydrogen) atoms. The molecule has 0 aliphatic heterocycles. The Kier molecular flexibility index (Phi) is 19.9. The highest BCUT2D eigenvalue weighted by Crippen LogP contribution is 2.00. The zero-order chi connectivity index (χ0) is 15.9. The average molecular weight is 300 g/mol. The van der Waals surface area contributed by atoms with Gasteiger partial charge in [-0.2, -0.15) is 8.42 Å². The van der Waals surface area contributed by atoms with E-state index in [0.29, 0.717) is 0 Å². The summed E-state index contributed by atoms with van der Waals surface area (Å²) in [5, 5.41) is 0. The average Bonchev–Trinajstić information content (AvgIpc) is 2.22. The molecule has 0 aliphatic rings. The minimum atomic E-state index is -4.67. The van der Waals surface area contributed by atoms with Gasteiger partial charge < -0.3 is 11.5 Å². The van der Waals surface area contributed by atoms with E-state index >= 15 is 0 Å². The zero-order valence-corrected chi connectivity index (χ0v) is 13.5. The van der Waals surface area contributed by atoms with Crippen molar-refractivity contribution in [3.63, 3.8) is 0 Å². The second-order valence-corrected chi connectivity index (χ2v) is 5.99. The van der Waals surface area contributed by atoms with Gasteiger partial charge in [0.2, 0.25) is 0 Å². The van der Waals surface area contributed by atoms with Gasteiger partial charge in [0, 0.05) is 0 Å². The van der Waals surface area contributed by atoms with Crippen molar-refractivity contribution >= 4 is 10.4 Å². The fourth-order valence-corrected chi connectivity index (χ4v) is 1.05. The van der Waals surface area contributed by atoms with E-state index < -0.39 is 10.4 Å². The van der Waals surface area contributed by atoms with Crippen LogP contribution < -0.4 is 11.5 Å². The standard InChI is InChI=1S/2C6H15N.H2O4S/c2*1-6(2)4-3-5-7;1-5(2,3)4/h2*6H,3-5,7H2,1-2H3;(H2,1,2,3,4). The van der Waals surface area contributed by atoms with Crippen LogP contribution in [-0.4, -0.2) is 30.6 Å². The molecule has 0 saturated carbocycles. The summed E-state index contributed by atoms with van der Waals surface area (Å²) in [6.45, 7) is 10.6. The normalized spacial score (nSPS) is 10.6. The third-order valence-corrected chi connectivity index (χ3v) is 1.97. The highest BCUT2D eigenvalue weighted by atomic mass is 32.3. The van der Waals surface area contributed by atoms with Crippen molar-refractivity contribution in [3.05, 3.63) is 0 Å². The molecule has 120 valence electrons. The molecule has 0 aromatic rings. The van der Waals surface area contributed by atoms with Crippen molar-refractivity contribution in [3.8, 4) is 0 Å². The maximum atomic E-state index is 8.74. The van der Waals surface area contributed by atoms with E-state index in [0.717, 1.165) is 24.9 Å². The number of rotatable bonds is 6. The van der Waals surface area contributed by atoms with E-state index in [1.807, 2.05) is 0 Å². The molecule has 0 aromatic heterocycles. The van der Waals surface area contributed by atoms with Crippen molar-refractivity contribution in [2.75, 3.05) is 13.1 Å². The van der Waals surface area contributed by atoms with Crippen molar-refractivity contribution in [2.24, 2.45) is 23.3 Å². The Morgan fingerprint density at radius 1 is 0.842 bits per heavy atom. The molecule has 7 heteroatoms. The Bertz CT molecular complexity index is 234. The Balaban J connectivity index is -0.000000206. The van der Waals surface area contributed by atoms with Gasteiger partial charge in [0.05, 0.1) is 0 Å². The molecular weight excluding hydrogens is 268 g/mol. The largest absolute Gasteiger partial charge is 0.394 e. The van der Waals surface area contributed by atoms with Gasteiger partial charge in [0.25, 0.3) is 0 Å². The van der Waals surface area contributed by atoms with Crippen LogP contribution in [-0.2, 0) is 10.4 Å². The molecule has 0 spiro atoms. The third-order valence-electron chi connectivity index (χ3n) is 1.97. The summed E-state index contributed by atoms with van der Waals surface area (Å²) in [6.07, 6.45) is 4.91. The van der Waals surface area contributed by atoms with Crippen LogP contribution in [0.15, 0.2) is 0 Å². The monoisotopic (exact) mass is 300 g/mol. The topological polar surface area (TPSA) is 127 Å². The predicted molar refractivity (Wildman–Crippen MR) is 80.4 cm³/mol. The van der Waals surface area contributed by atoms with Crippen LogP contribution in [0.2, 0.25) is 0 Å². The molecule has 0 aromatic carbocycles. The highest BCUT2D eigenvalue weighted by Gasteiger charge is 1.89. The van der Waals surface area contributed by atoms with Gasteiger partial charge in [-0.05, 0) is 50.6 Å². The van der Waals surface area contributed by atoms with Crippen molar-refractivity contribution in [1.82, 2.24) is 0 Å². The van der Waals surface area contributed by atoms with Crippen LogP contribution >= 0.6 is 0 Å². The summed E-state index contributed by atoms with van der Waals surface area (Å²) < 4.78 is 31.6. The summed E-state index contributed by atoms with van der Waals surface area (Å²) in [5.41, 5.74) is 10.6. The first-order valence-electron chi connectivity index (χ1n) is 6.64. The molecule has 0 amide bonds. The minimum absolute atomic E-state index is 0.823. The molecule has 0 heterocycles. The summed E-state index contributed by atoms with van der Waals surface area (Å²) in [5.74, 6) is 1.65. The van der Waals surface area contributed by atoms with Crippen molar-refractivity contribution in [1.29, 1.82) is 0 Å². The zero-order valence-electron chi connectivity index (χ0n) is 12.7. The number of hydrogen-bond donors (Lipinski definition) is 4. The number of hydrogen-bond acceptors (Lipinski definition) is 4. The van der Waals surface area contributed by atoms with Crippen LogP contribution in [0.4, 0.5) is 0 Å². The lowest BCUT2D eigenvalue weighted by Gasteiger charge is -1.98. The molecule has 6 N–H and O–H groups in total. The first-order chi connectivity index (χ1) is 8.54. The summed E-state index contributed by atoms with van der Waals surface area (Å²) in [4.78, 5) is 0. The maximum Gasteiger partial charge on any atom is 0.394 e. The lowest BCUT2D eigenvalue weighted by Crippen LogP contribution is -1.99. The fourth-order valence-electron chi connectivity index (χ4n) is 1.05. The van der Waals surface area contributed by atoms with E-state index in [1.54, 1.807) is 0 Å². The molecule has 0 radical (unpaired) electrons. The second kappa shape index (κ2) is 15.8. The van der Waals surface area contributed by atoms with Crippen molar-refractivity contribution < 1.29 is 17.5 Å². The first kappa shape index (κ1) is 23.9. The highest BCUT2D eigenvalue weighted by molar-refractivity contribution is 7.79. The van der Waals surface area contributed by atoms with Crippen LogP contribution in [0.5, 0.6) is 0 Å². The molecule has 0 atom stereocenters. The van der Waals surface area contributed by atoms with Gasteiger partial charge in [-0.1, -0.05) is 27.7 Å². The number of nitrogens with two attached hydrogens (primary N) is 2. The second-order valence-electron chi connectivity index (χ2n) is 5.10. The van der Waals surface area contributed by atoms with Gasteiger partial charge in [-0.15, -0.1) is 0 Å². The fraction of sp³-hybridized carbons (Fsp3) is 1.00. The molecule has 0 aliphatic carbocycles. The van der Waals surface area contributed by atoms with Gasteiger partial charge in [0.1, 0.15) is 0 Å². The lowest BCUT2D eigenvalue weighted by molar-refractivity contribution is 0.381. The Morgan fingerprint density at radius 2 is 1.05 bits per heavy atom. The van der Waals surface area contributed by atoms with Crippen LogP contribution in [0.25, 0.3) is 0 Å². The summed E-state index contributed by atoms with van der Waals surface area (Å²) in [6, 6.07) is 0. The van der Waals surface area contributed by atoms with E-state index in [2.05, 4.69) is 27.7 Å². The SMILES string of the molecule is CC(C)CCCN.CC(C)CCCN.O=S(=O)(O)O. The van der Waals surface area contributed by atoms with Crippen LogP contribution in [0.1, 0.15) is 53.4 Å². The molecular formula is C12H32N2O4S. The van der Waals surface area contributed by atoms with E-state index in [-0.39, 0.29) is 0 Å². The quantitative estimate of drug-likeness (QED) is 0.556. The minimum Gasteiger partial charge on any atom is -0.330 e. The summed E-state index contributed by atoms with van der Waals surface area (Å²) in [7, 11) is -4.67. The van der Waals surface area contributed by atoms with Gasteiger partial charge in [-0.25, -0.2) is 0 Å². The summed E-state index contributed by atoms with van der Waals surface area (Å²) >= 11 is 0. The molecule has 0 fully saturated rings. The van der Waals surface area contributed by atoms with Crippen LogP contribution in [0.3, 0.4) is 0 Å².